The summed E-state index contributed by atoms with van der Waals surface area (Å²) in [6.45, 7) is 0. The Labute approximate surface area is 92.5 Å². The van der Waals surface area contributed by atoms with Crippen molar-refractivity contribution in [3.8, 4) is 0 Å². The van der Waals surface area contributed by atoms with Gasteiger partial charge in [-0.15, -0.1) is 0 Å². The summed E-state index contributed by atoms with van der Waals surface area (Å²) in [7, 11) is 0. The Balaban J connectivity index is 2.27. The zero-order valence-electron chi connectivity index (χ0n) is 8.51. The molecule has 1 aromatic carbocycles. The molecule has 1 heterocycles. The third kappa shape index (κ3) is 2.30. The first-order valence-corrected chi connectivity index (χ1v) is 4.66. The van der Waals surface area contributed by atoms with Gasteiger partial charge in [0.25, 0.3) is 0 Å². The van der Waals surface area contributed by atoms with Gasteiger partial charge >= 0.3 is 0 Å². The molecule has 0 amide bonds. The molecule has 1 aromatic heterocycles. The van der Waals surface area contributed by atoms with Crippen LogP contribution in [0.4, 0.5) is 29.0 Å². The van der Waals surface area contributed by atoms with Crippen LogP contribution in [-0.4, -0.2) is 9.97 Å². The van der Waals surface area contributed by atoms with E-state index >= 15 is 0 Å². The topological polar surface area (TPSA) is 116 Å². The molecule has 6 heteroatoms. The number of nitrogens with two attached hydrogens (primary N) is 3. The van der Waals surface area contributed by atoms with Crippen molar-refractivity contribution in [3.63, 3.8) is 0 Å². The molecule has 7 N–H and O–H groups in total. The first-order chi connectivity index (χ1) is 7.63. The highest BCUT2D eigenvalue weighted by Crippen LogP contribution is 2.18. The van der Waals surface area contributed by atoms with Crippen molar-refractivity contribution in [2.75, 3.05) is 22.5 Å². The largest absolute Gasteiger partial charge is 0.399 e. The average Bonchev–Trinajstić information content (AvgIpc) is 2.15. The van der Waals surface area contributed by atoms with Crippen LogP contribution in [0.25, 0.3) is 0 Å². The second-order valence-corrected chi connectivity index (χ2v) is 3.29. The Bertz CT molecular complexity index is 490. The Hall–Kier alpha value is -2.50. The van der Waals surface area contributed by atoms with Crippen molar-refractivity contribution in [1.29, 1.82) is 0 Å². The summed E-state index contributed by atoms with van der Waals surface area (Å²) >= 11 is 0. The lowest BCUT2D eigenvalue weighted by molar-refractivity contribution is 1.19. The smallest absolute Gasteiger partial charge is 0.223 e. The van der Waals surface area contributed by atoms with Crippen LogP contribution in [-0.2, 0) is 0 Å². The molecule has 0 bridgehead atoms. The Morgan fingerprint density at radius 2 is 1.81 bits per heavy atom. The van der Waals surface area contributed by atoms with Gasteiger partial charge in [-0.05, 0) is 18.2 Å². The third-order valence-electron chi connectivity index (χ3n) is 1.92. The molecule has 0 saturated carbocycles. The first kappa shape index (κ1) is 10.0. The van der Waals surface area contributed by atoms with Crippen molar-refractivity contribution in [2.45, 2.75) is 0 Å². The molecule has 2 rings (SSSR count). The molecule has 0 fully saturated rings. The fraction of sp³-hybridized carbons (Fsp3) is 0. The van der Waals surface area contributed by atoms with Crippen molar-refractivity contribution in [2.24, 2.45) is 0 Å². The highest BCUT2D eigenvalue weighted by Gasteiger charge is 2.00. The maximum absolute atomic E-state index is 5.65. The number of nitrogen functional groups attached to an aromatic ring is 3. The minimum atomic E-state index is 0.131. The van der Waals surface area contributed by atoms with Gasteiger partial charge in [-0.3, -0.25) is 0 Å². The van der Waals surface area contributed by atoms with Crippen LogP contribution in [0, 0.1) is 0 Å². The van der Waals surface area contributed by atoms with Crippen LogP contribution in [0.2, 0.25) is 0 Å². The van der Waals surface area contributed by atoms with E-state index in [2.05, 4.69) is 15.3 Å². The molecule has 0 aliphatic rings. The summed E-state index contributed by atoms with van der Waals surface area (Å²) in [5.41, 5.74) is 18.2. The molecular weight excluding hydrogens is 204 g/mol. The molecular formula is C10H12N6. The molecule has 6 nitrogen and oxygen atoms in total. The normalized spacial score (nSPS) is 10.0. The molecule has 0 atom stereocenters. The number of hydrogen-bond acceptors (Lipinski definition) is 6. The number of rotatable bonds is 2. The number of hydrogen-bond donors (Lipinski definition) is 4. The highest BCUT2D eigenvalue weighted by molar-refractivity contribution is 5.63. The molecule has 0 spiro atoms. The fourth-order valence-corrected chi connectivity index (χ4v) is 1.31. The van der Waals surface area contributed by atoms with E-state index in [0.29, 0.717) is 17.3 Å². The van der Waals surface area contributed by atoms with E-state index in [1.54, 1.807) is 18.2 Å². The summed E-state index contributed by atoms with van der Waals surface area (Å²) in [5.74, 6) is 0.987. The zero-order valence-corrected chi connectivity index (χ0v) is 8.51. The lowest BCUT2D eigenvalue weighted by Gasteiger charge is -2.07. The SMILES string of the molecule is Nc1cccc(Nc2cc(N)nc(N)n2)c1. The molecule has 0 unspecified atom stereocenters. The Morgan fingerprint density at radius 3 is 2.50 bits per heavy atom. The quantitative estimate of drug-likeness (QED) is 0.556. The molecule has 0 aliphatic carbocycles. The lowest BCUT2D eigenvalue weighted by Crippen LogP contribution is -2.03. The van der Waals surface area contributed by atoms with Crippen LogP contribution in [0.15, 0.2) is 30.3 Å². The van der Waals surface area contributed by atoms with Gasteiger partial charge in [0.1, 0.15) is 11.6 Å². The summed E-state index contributed by atoms with van der Waals surface area (Å²) in [4.78, 5) is 7.77. The molecule has 0 saturated heterocycles. The van der Waals surface area contributed by atoms with Crippen LogP contribution in [0.5, 0.6) is 0 Å². The van der Waals surface area contributed by atoms with E-state index in [9.17, 15) is 0 Å². The van der Waals surface area contributed by atoms with Gasteiger partial charge in [0.05, 0.1) is 0 Å². The van der Waals surface area contributed by atoms with Crippen LogP contribution in [0.1, 0.15) is 0 Å². The van der Waals surface area contributed by atoms with Gasteiger partial charge in [0, 0.05) is 17.4 Å². The Kier molecular flexibility index (Phi) is 2.47. The van der Waals surface area contributed by atoms with Crippen LogP contribution >= 0.6 is 0 Å². The van der Waals surface area contributed by atoms with E-state index in [4.69, 9.17) is 17.2 Å². The first-order valence-electron chi connectivity index (χ1n) is 4.66. The van der Waals surface area contributed by atoms with E-state index in [1.807, 2.05) is 12.1 Å². The summed E-state index contributed by atoms with van der Waals surface area (Å²) in [5, 5.41) is 3.04. The molecule has 2 aromatic rings. The maximum atomic E-state index is 5.65. The minimum Gasteiger partial charge on any atom is -0.399 e. The second kappa shape index (κ2) is 3.93. The van der Waals surface area contributed by atoms with Crippen LogP contribution < -0.4 is 22.5 Å². The standard InChI is InChI=1S/C10H12N6/c11-6-2-1-3-7(4-6)14-9-5-8(12)15-10(13)16-9/h1-5H,11H2,(H5,12,13,14,15,16). The molecule has 82 valence electrons. The van der Waals surface area contributed by atoms with Gasteiger partial charge in [-0.1, -0.05) is 6.07 Å². The van der Waals surface area contributed by atoms with E-state index in [1.165, 1.54) is 0 Å². The molecule has 0 aliphatic heterocycles. The van der Waals surface area contributed by atoms with E-state index in [0.717, 1.165) is 5.69 Å². The van der Waals surface area contributed by atoms with Gasteiger partial charge < -0.3 is 22.5 Å². The molecule has 16 heavy (non-hydrogen) atoms. The predicted octanol–water partition coefficient (Wildman–Crippen LogP) is 0.967. The average molecular weight is 216 g/mol. The van der Waals surface area contributed by atoms with Gasteiger partial charge in [0.2, 0.25) is 5.95 Å². The van der Waals surface area contributed by atoms with E-state index in [-0.39, 0.29) is 5.95 Å². The maximum Gasteiger partial charge on any atom is 0.223 e. The number of nitrogens with zero attached hydrogens (tertiary/aromatic N) is 2. The monoisotopic (exact) mass is 216 g/mol. The Morgan fingerprint density at radius 1 is 1.00 bits per heavy atom. The fourth-order valence-electron chi connectivity index (χ4n) is 1.31. The minimum absolute atomic E-state index is 0.131. The van der Waals surface area contributed by atoms with Gasteiger partial charge in [-0.25, -0.2) is 0 Å². The second-order valence-electron chi connectivity index (χ2n) is 3.29. The van der Waals surface area contributed by atoms with Crippen molar-refractivity contribution in [1.82, 2.24) is 9.97 Å². The van der Waals surface area contributed by atoms with Crippen molar-refractivity contribution < 1.29 is 0 Å². The summed E-state index contributed by atoms with van der Waals surface area (Å²) in [6.07, 6.45) is 0. The summed E-state index contributed by atoms with van der Waals surface area (Å²) < 4.78 is 0. The van der Waals surface area contributed by atoms with Gasteiger partial charge in [-0.2, -0.15) is 9.97 Å². The number of benzene rings is 1. The highest BCUT2D eigenvalue weighted by atomic mass is 15.1. The predicted molar refractivity (Wildman–Crippen MR) is 65.0 cm³/mol. The van der Waals surface area contributed by atoms with Crippen molar-refractivity contribution >= 4 is 29.0 Å². The lowest BCUT2D eigenvalue weighted by atomic mass is 10.3. The number of aromatic nitrogens is 2. The third-order valence-corrected chi connectivity index (χ3v) is 1.92. The number of nitrogens with one attached hydrogen (secondary N) is 1. The molecule has 0 radical (unpaired) electrons. The summed E-state index contributed by atoms with van der Waals surface area (Å²) in [6, 6.07) is 8.89. The van der Waals surface area contributed by atoms with E-state index < -0.39 is 0 Å². The van der Waals surface area contributed by atoms with Gasteiger partial charge in [0.15, 0.2) is 0 Å². The zero-order chi connectivity index (χ0) is 11.5. The van der Waals surface area contributed by atoms with Crippen molar-refractivity contribution in [3.05, 3.63) is 30.3 Å². The van der Waals surface area contributed by atoms with Crippen LogP contribution in [0.3, 0.4) is 0 Å². The number of anilines is 5.